The predicted octanol–water partition coefficient (Wildman–Crippen LogP) is 1.19. The van der Waals surface area contributed by atoms with Crippen molar-refractivity contribution in [1.29, 1.82) is 5.26 Å². The molecular formula is C11H14N2O2. The number of nitriles is 1. The van der Waals surface area contributed by atoms with E-state index in [1.54, 1.807) is 11.7 Å². The van der Waals surface area contributed by atoms with E-state index in [0.717, 1.165) is 5.69 Å². The highest BCUT2D eigenvalue weighted by atomic mass is 16.5. The van der Waals surface area contributed by atoms with Crippen molar-refractivity contribution in [1.82, 2.24) is 4.57 Å². The van der Waals surface area contributed by atoms with Crippen molar-refractivity contribution >= 4 is 0 Å². The molecule has 0 spiro atoms. The number of nitrogens with zero attached hydrogens (tertiary/aromatic N) is 2. The van der Waals surface area contributed by atoms with Crippen molar-refractivity contribution < 1.29 is 4.74 Å². The molecule has 15 heavy (non-hydrogen) atoms. The fourth-order valence-electron chi connectivity index (χ4n) is 1.62. The van der Waals surface area contributed by atoms with E-state index in [2.05, 4.69) is 0 Å². The van der Waals surface area contributed by atoms with Gasteiger partial charge >= 0.3 is 0 Å². The minimum absolute atomic E-state index is 0.185. The first-order chi connectivity index (χ1) is 7.15. The molecular weight excluding hydrogens is 192 g/mol. The number of aromatic nitrogens is 1. The van der Waals surface area contributed by atoms with Crippen molar-refractivity contribution in [3.63, 3.8) is 0 Å². The van der Waals surface area contributed by atoms with Gasteiger partial charge in [-0.2, -0.15) is 5.26 Å². The van der Waals surface area contributed by atoms with E-state index in [4.69, 9.17) is 10.00 Å². The number of aryl methyl sites for hydroxylation is 1. The summed E-state index contributed by atoms with van der Waals surface area (Å²) in [5.74, 6) is 0. The SMILES string of the molecule is CCn1c(C)cc(COC)c(C#N)c1=O. The molecule has 0 aliphatic heterocycles. The number of pyridine rings is 1. The first kappa shape index (κ1) is 11.5. The monoisotopic (exact) mass is 206 g/mol. The first-order valence-electron chi connectivity index (χ1n) is 4.78. The van der Waals surface area contributed by atoms with Gasteiger partial charge in [-0.05, 0) is 19.9 Å². The zero-order valence-electron chi connectivity index (χ0n) is 9.20. The molecule has 4 heteroatoms. The molecule has 0 bridgehead atoms. The van der Waals surface area contributed by atoms with E-state index in [1.807, 2.05) is 26.0 Å². The quantitative estimate of drug-likeness (QED) is 0.746. The van der Waals surface area contributed by atoms with Crippen LogP contribution in [0.3, 0.4) is 0 Å². The molecule has 1 heterocycles. The second-order valence-corrected chi connectivity index (χ2v) is 3.28. The molecule has 0 saturated carbocycles. The van der Waals surface area contributed by atoms with Crippen LogP contribution in [0, 0.1) is 18.3 Å². The molecule has 0 fully saturated rings. The van der Waals surface area contributed by atoms with E-state index in [0.29, 0.717) is 18.7 Å². The normalized spacial score (nSPS) is 10.0. The minimum Gasteiger partial charge on any atom is -0.380 e. The number of methoxy groups -OCH3 is 1. The molecule has 0 aromatic carbocycles. The van der Waals surface area contributed by atoms with Crippen LogP contribution in [0.15, 0.2) is 10.9 Å². The molecule has 0 N–H and O–H groups in total. The maximum atomic E-state index is 11.8. The van der Waals surface area contributed by atoms with Crippen LogP contribution in [0.5, 0.6) is 0 Å². The van der Waals surface area contributed by atoms with Gasteiger partial charge in [0.2, 0.25) is 0 Å². The van der Waals surface area contributed by atoms with Gasteiger partial charge < -0.3 is 9.30 Å². The summed E-state index contributed by atoms with van der Waals surface area (Å²) in [6.07, 6.45) is 0. The van der Waals surface area contributed by atoms with Gasteiger partial charge in [-0.25, -0.2) is 0 Å². The Morgan fingerprint density at radius 2 is 2.27 bits per heavy atom. The lowest BCUT2D eigenvalue weighted by molar-refractivity contribution is 0.184. The van der Waals surface area contributed by atoms with Crippen molar-refractivity contribution in [3.05, 3.63) is 33.2 Å². The highest BCUT2D eigenvalue weighted by Gasteiger charge is 2.11. The van der Waals surface area contributed by atoms with E-state index in [-0.39, 0.29) is 11.1 Å². The molecule has 0 saturated heterocycles. The fraction of sp³-hybridized carbons (Fsp3) is 0.455. The molecule has 0 aliphatic rings. The van der Waals surface area contributed by atoms with Crippen molar-refractivity contribution in [3.8, 4) is 6.07 Å². The van der Waals surface area contributed by atoms with Gasteiger partial charge in [0.1, 0.15) is 11.6 Å². The summed E-state index contributed by atoms with van der Waals surface area (Å²) in [5.41, 5.74) is 1.47. The standard InChI is InChI=1S/C11H14N2O2/c1-4-13-8(2)5-9(7-15-3)10(6-12)11(13)14/h5H,4,7H2,1-3H3. The maximum Gasteiger partial charge on any atom is 0.269 e. The Bertz CT molecular complexity index is 455. The van der Waals surface area contributed by atoms with E-state index < -0.39 is 0 Å². The van der Waals surface area contributed by atoms with E-state index in [9.17, 15) is 4.79 Å². The van der Waals surface area contributed by atoms with Crippen LogP contribution in [0.2, 0.25) is 0 Å². The molecule has 80 valence electrons. The van der Waals surface area contributed by atoms with Crippen LogP contribution in [0.1, 0.15) is 23.7 Å². The lowest BCUT2D eigenvalue weighted by atomic mass is 10.1. The van der Waals surface area contributed by atoms with Gasteiger partial charge in [-0.1, -0.05) is 0 Å². The van der Waals surface area contributed by atoms with Crippen LogP contribution in [-0.4, -0.2) is 11.7 Å². The maximum absolute atomic E-state index is 11.8. The minimum atomic E-state index is -0.230. The Morgan fingerprint density at radius 3 is 2.73 bits per heavy atom. The van der Waals surface area contributed by atoms with Crippen molar-refractivity contribution in [2.75, 3.05) is 7.11 Å². The van der Waals surface area contributed by atoms with Gasteiger partial charge in [0.05, 0.1) is 6.61 Å². The molecule has 0 atom stereocenters. The summed E-state index contributed by atoms with van der Waals surface area (Å²) in [7, 11) is 1.54. The summed E-state index contributed by atoms with van der Waals surface area (Å²) in [6, 6.07) is 3.76. The Labute approximate surface area is 88.7 Å². The van der Waals surface area contributed by atoms with Crippen LogP contribution in [0.25, 0.3) is 0 Å². The Hall–Kier alpha value is -1.60. The van der Waals surface area contributed by atoms with Crippen LogP contribution >= 0.6 is 0 Å². The third-order valence-electron chi connectivity index (χ3n) is 2.32. The molecule has 1 aromatic rings. The third kappa shape index (κ3) is 2.08. The highest BCUT2D eigenvalue weighted by molar-refractivity contribution is 5.36. The zero-order chi connectivity index (χ0) is 11.4. The average molecular weight is 206 g/mol. The summed E-state index contributed by atoms with van der Waals surface area (Å²) in [5, 5.41) is 8.92. The summed E-state index contributed by atoms with van der Waals surface area (Å²) >= 11 is 0. The van der Waals surface area contributed by atoms with Crippen molar-refractivity contribution in [2.45, 2.75) is 27.0 Å². The van der Waals surface area contributed by atoms with Gasteiger partial charge in [0.25, 0.3) is 5.56 Å². The summed E-state index contributed by atoms with van der Waals surface area (Å²) in [6.45, 7) is 4.60. The molecule has 1 rings (SSSR count). The van der Waals surface area contributed by atoms with Crippen LogP contribution in [0.4, 0.5) is 0 Å². The predicted molar refractivity (Wildman–Crippen MR) is 56.5 cm³/mol. The second kappa shape index (κ2) is 4.76. The summed E-state index contributed by atoms with van der Waals surface area (Å²) < 4.78 is 6.54. The van der Waals surface area contributed by atoms with Crippen molar-refractivity contribution in [2.24, 2.45) is 0 Å². The van der Waals surface area contributed by atoms with E-state index in [1.165, 1.54) is 0 Å². The number of rotatable bonds is 3. The second-order valence-electron chi connectivity index (χ2n) is 3.28. The molecule has 0 radical (unpaired) electrons. The summed E-state index contributed by atoms with van der Waals surface area (Å²) in [4.78, 5) is 11.8. The Kier molecular flexibility index (Phi) is 3.64. The van der Waals surface area contributed by atoms with Gasteiger partial charge in [0.15, 0.2) is 0 Å². The smallest absolute Gasteiger partial charge is 0.269 e. The molecule has 0 unspecified atom stereocenters. The fourth-order valence-corrected chi connectivity index (χ4v) is 1.62. The third-order valence-corrected chi connectivity index (χ3v) is 2.32. The zero-order valence-corrected chi connectivity index (χ0v) is 9.20. The van der Waals surface area contributed by atoms with Gasteiger partial charge in [0, 0.05) is 24.9 Å². The molecule has 0 aliphatic carbocycles. The number of hydrogen-bond donors (Lipinski definition) is 0. The number of ether oxygens (including phenoxy) is 1. The average Bonchev–Trinajstić information content (AvgIpc) is 2.19. The lowest BCUT2D eigenvalue weighted by Crippen LogP contribution is -2.25. The first-order valence-corrected chi connectivity index (χ1v) is 4.78. The Balaban J connectivity index is 3.47. The van der Waals surface area contributed by atoms with Crippen LogP contribution in [-0.2, 0) is 17.9 Å². The lowest BCUT2D eigenvalue weighted by Gasteiger charge is -2.10. The topological polar surface area (TPSA) is 55.0 Å². The highest BCUT2D eigenvalue weighted by Crippen LogP contribution is 2.08. The molecule has 0 amide bonds. The van der Waals surface area contributed by atoms with Gasteiger partial charge in [-0.3, -0.25) is 4.79 Å². The van der Waals surface area contributed by atoms with Gasteiger partial charge in [-0.15, -0.1) is 0 Å². The number of hydrogen-bond acceptors (Lipinski definition) is 3. The van der Waals surface area contributed by atoms with E-state index >= 15 is 0 Å². The molecule has 1 aromatic heterocycles. The van der Waals surface area contributed by atoms with Crippen LogP contribution < -0.4 is 5.56 Å². The Morgan fingerprint density at radius 1 is 1.60 bits per heavy atom. The molecule has 4 nitrogen and oxygen atoms in total. The largest absolute Gasteiger partial charge is 0.380 e.